The second kappa shape index (κ2) is 7.13. The number of halogens is 1. The number of hydrogen-bond acceptors (Lipinski definition) is 1. The van der Waals surface area contributed by atoms with E-state index < -0.39 is 8.11 Å². The lowest BCUT2D eigenvalue weighted by Crippen LogP contribution is -2.13. The summed E-state index contributed by atoms with van der Waals surface area (Å²) in [5, 5.41) is 0. The van der Waals surface area contributed by atoms with Gasteiger partial charge in [0.2, 0.25) is 0 Å². The van der Waals surface area contributed by atoms with Crippen molar-refractivity contribution in [2.75, 3.05) is 20.6 Å². The largest absolute Gasteiger partial charge is 0.309 e. The van der Waals surface area contributed by atoms with E-state index in [0.717, 1.165) is 0 Å². The summed E-state index contributed by atoms with van der Waals surface area (Å²) in [5.41, 5.74) is 0. The molecule has 0 aliphatic rings. The van der Waals surface area contributed by atoms with Gasteiger partial charge in [0.15, 0.2) is 0 Å². The van der Waals surface area contributed by atoms with E-state index in [1.54, 1.807) is 0 Å². The van der Waals surface area contributed by atoms with Crippen molar-refractivity contribution >= 4 is 19.2 Å². The lowest BCUT2D eigenvalue weighted by Gasteiger charge is -2.09. The summed E-state index contributed by atoms with van der Waals surface area (Å²) < 4.78 is 0. The van der Waals surface area contributed by atoms with Crippen molar-refractivity contribution in [2.45, 2.75) is 31.9 Å². The first-order valence-corrected chi connectivity index (χ1v) is 7.83. The van der Waals surface area contributed by atoms with Crippen LogP contribution in [0.4, 0.5) is 0 Å². The molecular formula is C8H20ClNSi. The fraction of sp³-hybridized carbons (Fsp3) is 1.00. The number of nitrogens with zero attached hydrogens (tertiary/aromatic N) is 1. The average Bonchev–Trinajstić information content (AvgIpc) is 1.97. The molecule has 0 amide bonds. The van der Waals surface area contributed by atoms with Crippen LogP contribution in [0.5, 0.6) is 0 Å². The first kappa shape index (κ1) is 11.5. The molecule has 1 atom stereocenters. The molecule has 68 valence electrons. The van der Waals surface area contributed by atoms with Gasteiger partial charge < -0.3 is 4.90 Å². The van der Waals surface area contributed by atoms with Gasteiger partial charge in [-0.05, 0) is 39.1 Å². The van der Waals surface area contributed by atoms with Gasteiger partial charge >= 0.3 is 0 Å². The van der Waals surface area contributed by atoms with Crippen LogP contribution in [0.15, 0.2) is 0 Å². The summed E-state index contributed by atoms with van der Waals surface area (Å²) in [4.78, 5) is 2.23. The summed E-state index contributed by atoms with van der Waals surface area (Å²) in [6.07, 6.45) is 2.63. The van der Waals surface area contributed by atoms with Crippen LogP contribution in [0.25, 0.3) is 0 Å². The van der Waals surface area contributed by atoms with Gasteiger partial charge in [0, 0.05) is 0 Å². The highest BCUT2D eigenvalue weighted by molar-refractivity contribution is 7.06. The van der Waals surface area contributed by atoms with E-state index in [1.807, 2.05) is 0 Å². The van der Waals surface area contributed by atoms with E-state index in [4.69, 9.17) is 11.1 Å². The van der Waals surface area contributed by atoms with Gasteiger partial charge in [-0.3, -0.25) is 0 Å². The zero-order valence-electron chi connectivity index (χ0n) is 7.94. The van der Waals surface area contributed by atoms with Gasteiger partial charge in [-0.1, -0.05) is 13.3 Å². The minimum absolute atomic E-state index is 0.791. The molecular weight excluding hydrogens is 174 g/mol. The van der Waals surface area contributed by atoms with Crippen LogP contribution in [-0.2, 0) is 0 Å². The molecule has 0 radical (unpaired) electrons. The van der Waals surface area contributed by atoms with Crippen molar-refractivity contribution in [1.82, 2.24) is 4.90 Å². The molecule has 1 unspecified atom stereocenters. The molecule has 0 spiro atoms. The van der Waals surface area contributed by atoms with Gasteiger partial charge in [-0.15, -0.1) is 0 Å². The monoisotopic (exact) mass is 193 g/mol. The lowest BCUT2D eigenvalue weighted by molar-refractivity contribution is 0.398. The molecule has 11 heavy (non-hydrogen) atoms. The second-order valence-corrected chi connectivity index (χ2v) is 7.74. The van der Waals surface area contributed by atoms with Gasteiger partial charge in [0.25, 0.3) is 0 Å². The Morgan fingerprint density at radius 1 is 1.27 bits per heavy atom. The number of rotatable bonds is 6. The Hall–Kier alpha value is 0.467. The smallest absolute Gasteiger partial charge is 0.140 e. The SMILES string of the molecule is CC[SiH](Cl)CCCCN(C)C. The first-order valence-electron chi connectivity index (χ1n) is 4.45. The van der Waals surface area contributed by atoms with Crippen LogP contribution < -0.4 is 0 Å². The van der Waals surface area contributed by atoms with Crippen LogP contribution in [0.2, 0.25) is 12.1 Å². The van der Waals surface area contributed by atoms with Crippen molar-refractivity contribution in [2.24, 2.45) is 0 Å². The molecule has 0 rings (SSSR count). The van der Waals surface area contributed by atoms with Gasteiger partial charge in [-0.25, -0.2) is 0 Å². The molecule has 0 aromatic rings. The fourth-order valence-corrected chi connectivity index (χ4v) is 2.60. The van der Waals surface area contributed by atoms with E-state index in [0.29, 0.717) is 0 Å². The van der Waals surface area contributed by atoms with E-state index in [1.165, 1.54) is 31.5 Å². The third-order valence-electron chi connectivity index (χ3n) is 1.82. The maximum Gasteiger partial charge on any atom is 0.140 e. The molecule has 0 heterocycles. The molecule has 0 saturated carbocycles. The van der Waals surface area contributed by atoms with Crippen molar-refractivity contribution in [1.29, 1.82) is 0 Å². The summed E-state index contributed by atoms with van der Waals surface area (Å²) in [7, 11) is 3.45. The molecule has 0 aromatic heterocycles. The van der Waals surface area contributed by atoms with E-state index in [2.05, 4.69) is 25.9 Å². The molecule has 0 N–H and O–H groups in total. The molecule has 0 saturated heterocycles. The predicted octanol–water partition coefficient (Wildman–Crippen LogP) is 2.31. The van der Waals surface area contributed by atoms with Crippen LogP contribution >= 0.6 is 11.1 Å². The zero-order chi connectivity index (χ0) is 8.69. The third-order valence-corrected chi connectivity index (χ3v) is 5.32. The third kappa shape index (κ3) is 8.37. The Bertz CT molecular complexity index is 88.2. The summed E-state index contributed by atoms with van der Waals surface area (Å²) >= 11 is 6.11. The molecule has 0 aliphatic carbocycles. The Kier molecular flexibility index (Phi) is 7.44. The number of hydrogen-bond donors (Lipinski definition) is 0. The highest BCUT2D eigenvalue weighted by atomic mass is 35.6. The van der Waals surface area contributed by atoms with Crippen LogP contribution in [0.3, 0.4) is 0 Å². The predicted molar refractivity (Wildman–Crippen MR) is 56.1 cm³/mol. The highest BCUT2D eigenvalue weighted by Gasteiger charge is 2.02. The van der Waals surface area contributed by atoms with Gasteiger partial charge in [0.1, 0.15) is 8.11 Å². The zero-order valence-corrected chi connectivity index (χ0v) is 9.85. The molecule has 0 bridgehead atoms. The molecule has 0 aromatic carbocycles. The van der Waals surface area contributed by atoms with Crippen LogP contribution in [0, 0.1) is 0 Å². The highest BCUT2D eigenvalue weighted by Crippen LogP contribution is 2.08. The van der Waals surface area contributed by atoms with Crippen molar-refractivity contribution in [3.63, 3.8) is 0 Å². The molecule has 3 heteroatoms. The van der Waals surface area contributed by atoms with Crippen LogP contribution in [0.1, 0.15) is 19.8 Å². The van der Waals surface area contributed by atoms with Crippen molar-refractivity contribution < 1.29 is 0 Å². The summed E-state index contributed by atoms with van der Waals surface area (Å²) in [6, 6.07) is 2.55. The molecule has 0 fully saturated rings. The van der Waals surface area contributed by atoms with Gasteiger partial charge in [0.05, 0.1) is 0 Å². The van der Waals surface area contributed by atoms with E-state index >= 15 is 0 Å². The quantitative estimate of drug-likeness (QED) is 0.356. The maximum absolute atomic E-state index is 6.11. The Labute approximate surface area is 77.0 Å². The molecule has 0 aliphatic heterocycles. The topological polar surface area (TPSA) is 3.24 Å². The summed E-state index contributed by atoms with van der Waals surface area (Å²) in [6.45, 7) is 3.41. The minimum Gasteiger partial charge on any atom is -0.309 e. The minimum atomic E-state index is -0.791. The first-order chi connectivity index (χ1) is 5.16. The Morgan fingerprint density at radius 2 is 1.91 bits per heavy atom. The normalized spacial score (nSPS) is 13.9. The Balaban J connectivity index is 3.01. The lowest BCUT2D eigenvalue weighted by atomic mass is 10.3. The van der Waals surface area contributed by atoms with Crippen molar-refractivity contribution in [3.05, 3.63) is 0 Å². The number of unbranched alkanes of at least 4 members (excludes halogenated alkanes) is 1. The van der Waals surface area contributed by atoms with Crippen LogP contribution in [-0.4, -0.2) is 33.6 Å². The molecule has 1 nitrogen and oxygen atoms in total. The second-order valence-electron chi connectivity index (χ2n) is 3.30. The summed E-state index contributed by atoms with van der Waals surface area (Å²) in [5.74, 6) is 0. The average molecular weight is 194 g/mol. The van der Waals surface area contributed by atoms with Gasteiger partial charge in [-0.2, -0.15) is 11.1 Å². The van der Waals surface area contributed by atoms with E-state index in [-0.39, 0.29) is 0 Å². The maximum atomic E-state index is 6.11. The standard InChI is InChI=1S/C8H20ClNSi/c1-4-11(9)8-6-5-7-10(2)3/h11H,4-8H2,1-3H3. The Morgan fingerprint density at radius 3 is 2.36 bits per heavy atom. The van der Waals surface area contributed by atoms with Crippen molar-refractivity contribution in [3.8, 4) is 0 Å². The van der Waals surface area contributed by atoms with E-state index in [9.17, 15) is 0 Å². The fourth-order valence-electron chi connectivity index (χ4n) is 0.998.